The van der Waals surface area contributed by atoms with Crippen LogP contribution in [0.3, 0.4) is 0 Å². The highest BCUT2D eigenvalue weighted by molar-refractivity contribution is 9.10. The molecule has 2 N–H and O–H groups in total. The third kappa shape index (κ3) is 5.66. The van der Waals surface area contributed by atoms with E-state index in [2.05, 4.69) is 59.1 Å². The van der Waals surface area contributed by atoms with Gasteiger partial charge in [0, 0.05) is 17.6 Å². The molecule has 0 saturated carbocycles. The Hall–Kier alpha value is -0.380. The summed E-state index contributed by atoms with van der Waals surface area (Å²) in [5, 5.41) is 0. The molecule has 1 aromatic rings. The largest absolute Gasteiger partial charge is 0.330 e. The van der Waals surface area contributed by atoms with Crippen LogP contribution in [0.2, 0.25) is 0 Å². The molecule has 0 radical (unpaired) electrons. The van der Waals surface area contributed by atoms with Gasteiger partial charge in [-0.25, -0.2) is 0 Å². The summed E-state index contributed by atoms with van der Waals surface area (Å²) in [6.45, 7) is 5.09. The van der Waals surface area contributed by atoms with E-state index in [1.54, 1.807) is 0 Å². The van der Waals surface area contributed by atoms with Crippen molar-refractivity contribution in [2.75, 3.05) is 20.1 Å². The quantitative estimate of drug-likeness (QED) is 0.837. The van der Waals surface area contributed by atoms with E-state index in [1.807, 2.05) is 0 Å². The second kappa shape index (κ2) is 7.85. The Morgan fingerprint density at radius 1 is 1.29 bits per heavy atom. The molecule has 1 atom stereocenters. The van der Waals surface area contributed by atoms with Gasteiger partial charge in [-0.3, -0.25) is 0 Å². The van der Waals surface area contributed by atoms with Gasteiger partial charge in [-0.1, -0.05) is 41.4 Å². The first-order chi connectivity index (χ1) is 8.15. The molecule has 17 heavy (non-hydrogen) atoms. The second-order valence-electron chi connectivity index (χ2n) is 4.71. The fraction of sp³-hybridized carbons (Fsp3) is 0.571. The van der Waals surface area contributed by atoms with Gasteiger partial charge in [-0.2, -0.15) is 0 Å². The molecule has 1 rings (SSSR count). The fourth-order valence-corrected chi connectivity index (χ4v) is 2.36. The monoisotopic (exact) mass is 298 g/mol. The van der Waals surface area contributed by atoms with Crippen molar-refractivity contribution in [3.05, 3.63) is 34.3 Å². The van der Waals surface area contributed by atoms with E-state index in [1.165, 1.54) is 18.4 Å². The topological polar surface area (TPSA) is 29.3 Å². The summed E-state index contributed by atoms with van der Waals surface area (Å²) in [5.74, 6) is 0.625. The minimum Gasteiger partial charge on any atom is -0.330 e. The predicted molar refractivity (Wildman–Crippen MR) is 77.9 cm³/mol. The third-order valence-electron chi connectivity index (χ3n) is 2.97. The summed E-state index contributed by atoms with van der Waals surface area (Å²) in [7, 11) is 2.17. The molecule has 0 aliphatic carbocycles. The van der Waals surface area contributed by atoms with E-state index in [0.717, 1.165) is 24.1 Å². The maximum absolute atomic E-state index is 5.79. The average molecular weight is 299 g/mol. The molecule has 1 aromatic carbocycles. The summed E-state index contributed by atoms with van der Waals surface area (Å²) in [6.07, 6.45) is 2.44. The molecular weight excluding hydrogens is 276 g/mol. The van der Waals surface area contributed by atoms with E-state index in [9.17, 15) is 0 Å². The smallest absolute Gasteiger partial charge is 0.0230 e. The molecule has 3 heteroatoms. The molecule has 0 heterocycles. The van der Waals surface area contributed by atoms with E-state index in [4.69, 9.17) is 5.73 Å². The van der Waals surface area contributed by atoms with Gasteiger partial charge in [0.05, 0.1) is 0 Å². The van der Waals surface area contributed by atoms with Gasteiger partial charge in [-0.05, 0) is 43.6 Å². The lowest BCUT2D eigenvalue weighted by atomic mass is 10.0. The standard InChI is InChI=1S/C14H23BrN2/c1-3-4-13(9-16)11-17(2)10-12-5-7-14(15)8-6-12/h5-8,13H,3-4,9-11,16H2,1-2H3. The van der Waals surface area contributed by atoms with Gasteiger partial charge in [0.15, 0.2) is 0 Å². The van der Waals surface area contributed by atoms with Crippen molar-refractivity contribution in [2.24, 2.45) is 11.7 Å². The minimum atomic E-state index is 0.625. The summed E-state index contributed by atoms with van der Waals surface area (Å²) in [5.41, 5.74) is 7.14. The summed E-state index contributed by atoms with van der Waals surface area (Å²) in [4.78, 5) is 2.36. The number of hydrogen-bond acceptors (Lipinski definition) is 2. The van der Waals surface area contributed by atoms with E-state index >= 15 is 0 Å². The van der Waals surface area contributed by atoms with Gasteiger partial charge >= 0.3 is 0 Å². The Morgan fingerprint density at radius 3 is 2.47 bits per heavy atom. The lowest BCUT2D eigenvalue weighted by Gasteiger charge is -2.22. The Bertz CT molecular complexity index is 311. The van der Waals surface area contributed by atoms with Crippen molar-refractivity contribution in [1.29, 1.82) is 0 Å². The van der Waals surface area contributed by atoms with Crippen molar-refractivity contribution in [1.82, 2.24) is 4.90 Å². The maximum atomic E-state index is 5.79. The van der Waals surface area contributed by atoms with Crippen LogP contribution in [-0.4, -0.2) is 25.0 Å². The van der Waals surface area contributed by atoms with Crippen LogP contribution in [-0.2, 0) is 6.54 Å². The highest BCUT2D eigenvalue weighted by Crippen LogP contribution is 2.13. The van der Waals surface area contributed by atoms with Gasteiger partial charge in [-0.15, -0.1) is 0 Å². The van der Waals surface area contributed by atoms with E-state index in [-0.39, 0.29) is 0 Å². The Labute approximate surface area is 113 Å². The first-order valence-corrected chi connectivity index (χ1v) is 7.08. The zero-order valence-electron chi connectivity index (χ0n) is 10.8. The van der Waals surface area contributed by atoms with Gasteiger partial charge in [0.1, 0.15) is 0 Å². The molecule has 0 bridgehead atoms. The van der Waals surface area contributed by atoms with Gasteiger partial charge in [0.25, 0.3) is 0 Å². The number of benzene rings is 1. The molecule has 0 aliphatic rings. The lowest BCUT2D eigenvalue weighted by Crippen LogP contribution is -2.29. The normalized spacial score (nSPS) is 13.0. The third-order valence-corrected chi connectivity index (χ3v) is 3.49. The van der Waals surface area contributed by atoms with Crippen molar-refractivity contribution in [2.45, 2.75) is 26.3 Å². The highest BCUT2D eigenvalue weighted by atomic mass is 79.9. The Kier molecular flexibility index (Phi) is 6.78. The zero-order chi connectivity index (χ0) is 12.7. The highest BCUT2D eigenvalue weighted by Gasteiger charge is 2.09. The van der Waals surface area contributed by atoms with Gasteiger partial charge < -0.3 is 10.6 Å². The van der Waals surface area contributed by atoms with E-state index in [0.29, 0.717) is 5.92 Å². The molecule has 0 amide bonds. The number of hydrogen-bond donors (Lipinski definition) is 1. The molecule has 0 aliphatic heterocycles. The molecular formula is C14H23BrN2. The number of nitrogens with two attached hydrogens (primary N) is 1. The molecule has 0 spiro atoms. The number of nitrogens with zero attached hydrogens (tertiary/aromatic N) is 1. The molecule has 1 unspecified atom stereocenters. The predicted octanol–water partition coefficient (Wildman–Crippen LogP) is 3.26. The van der Waals surface area contributed by atoms with Crippen LogP contribution in [0.1, 0.15) is 25.3 Å². The van der Waals surface area contributed by atoms with Crippen molar-refractivity contribution in [3.63, 3.8) is 0 Å². The molecule has 0 fully saturated rings. The summed E-state index contributed by atoms with van der Waals surface area (Å²) < 4.78 is 1.13. The van der Waals surface area contributed by atoms with Crippen LogP contribution in [0.5, 0.6) is 0 Å². The minimum absolute atomic E-state index is 0.625. The Balaban J connectivity index is 2.42. The summed E-state index contributed by atoms with van der Waals surface area (Å²) in [6, 6.07) is 8.51. The SMILES string of the molecule is CCCC(CN)CN(C)Cc1ccc(Br)cc1. The maximum Gasteiger partial charge on any atom is 0.0230 e. The first-order valence-electron chi connectivity index (χ1n) is 6.28. The Morgan fingerprint density at radius 2 is 1.94 bits per heavy atom. The molecule has 2 nitrogen and oxygen atoms in total. The van der Waals surface area contributed by atoms with Gasteiger partial charge in [0.2, 0.25) is 0 Å². The second-order valence-corrected chi connectivity index (χ2v) is 5.63. The first kappa shape index (κ1) is 14.7. The lowest BCUT2D eigenvalue weighted by molar-refractivity contribution is 0.263. The van der Waals surface area contributed by atoms with Crippen molar-refractivity contribution < 1.29 is 0 Å². The van der Waals surface area contributed by atoms with Crippen LogP contribution >= 0.6 is 15.9 Å². The fourth-order valence-electron chi connectivity index (χ4n) is 2.10. The van der Waals surface area contributed by atoms with Crippen LogP contribution in [0.4, 0.5) is 0 Å². The number of rotatable bonds is 7. The molecule has 0 saturated heterocycles. The van der Waals surface area contributed by atoms with Crippen LogP contribution in [0, 0.1) is 5.92 Å². The van der Waals surface area contributed by atoms with Crippen LogP contribution in [0.25, 0.3) is 0 Å². The van der Waals surface area contributed by atoms with E-state index < -0.39 is 0 Å². The average Bonchev–Trinajstić information content (AvgIpc) is 2.31. The van der Waals surface area contributed by atoms with Crippen molar-refractivity contribution >= 4 is 15.9 Å². The zero-order valence-corrected chi connectivity index (χ0v) is 12.4. The van der Waals surface area contributed by atoms with Crippen LogP contribution < -0.4 is 5.73 Å². The number of halogens is 1. The molecule has 96 valence electrons. The van der Waals surface area contributed by atoms with Crippen molar-refractivity contribution in [3.8, 4) is 0 Å². The summed E-state index contributed by atoms with van der Waals surface area (Å²) >= 11 is 3.45. The van der Waals surface area contributed by atoms with Crippen LogP contribution in [0.15, 0.2) is 28.7 Å². The molecule has 0 aromatic heterocycles.